The lowest BCUT2D eigenvalue weighted by Gasteiger charge is -2.11. The van der Waals surface area contributed by atoms with E-state index in [0.717, 1.165) is 43.8 Å². The van der Waals surface area contributed by atoms with Crippen molar-refractivity contribution in [3.05, 3.63) is 91.0 Å². The van der Waals surface area contributed by atoms with Crippen LogP contribution in [0.25, 0.3) is 54.6 Å². The fourth-order valence-electron chi connectivity index (χ4n) is 4.51. The summed E-state index contributed by atoms with van der Waals surface area (Å²) in [5, 5.41) is 25.9. The Kier molecular flexibility index (Phi) is 3.72. The Balaban J connectivity index is 1.67. The molecule has 5 aromatic carbocycles. The predicted octanol–water partition coefficient (Wildman–Crippen LogP) is 5.24. The third kappa shape index (κ3) is 2.48. The smallest absolute Gasteiger partial charge is 0.456 e. The van der Waals surface area contributed by atoms with Gasteiger partial charge in [-0.1, -0.05) is 72.8 Å². The third-order valence-corrected chi connectivity index (χ3v) is 5.91. The van der Waals surface area contributed by atoms with E-state index < -0.39 is 7.12 Å². The maximum Gasteiger partial charge on any atom is 0.489 e. The lowest BCUT2D eigenvalue weighted by molar-refractivity contribution is 0.426. The molecule has 0 aliphatic rings. The van der Waals surface area contributed by atoms with E-state index in [2.05, 4.69) is 36.4 Å². The van der Waals surface area contributed by atoms with Crippen molar-refractivity contribution >= 4 is 56.1 Å². The second-order valence-corrected chi connectivity index (χ2v) is 7.59. The van der Waals surface area contributed by atoms with Crippen molar-refractivity contribution in [2.45, 2.75) is 0 Å². The van der Waals surface area contributed by atoms with Gasteiger partial charge in [-0.15, -0.1) is 0 Å². The highest BCUT2D eigenvalue weighted by Crippen LogP contribution is 2.37. The average Bonchev–Trinajstić information content (AvgIpc) is 3.16. The van der Waals surface area contributed by atoms with E-state index in [9.17, 15) is 10.0 Å². The first-order chi connectivity index (χ1) is 14.7. The molecule has 0 saturated heterocycles. The Morgan fingerprint density at radius 2 is 1.33 bits per heavy atom. The molecule has 0 atom stereocenters. The molecule has 0 aliphatic heterocycles. The predicted molar refractivity (Wildman–Crippen MR) is 124 cm³/mol. The molecule has 6 rings (SSSR count). The summed E-state index contributed by atoms with van der Waals surface area (Å²) >= 11 is 0. The summed E-state index contributed by atoms with van der Waals surface area (Å²) in [5.41, 5.74) is 4.36. The van der Waals surface area contributed by atoms with Gasteiger partial charge in [-0.25, -0.2) is 0 Å². The molecule has 1 aromatic heterocycles. The first kappa shape index (κ1) is 17.3. The Hall–Kier alpha value is -3.60. The molecule has 0 aliphatic carbocycles. The van der Waals surface area contributed by atoms with Gasteiger partial charge in [-0.05, 0) is 56.3 Å². The summed E-state index contributed by atoms with van der Waals surface area (Å²) in [6.07, 6.45) is 0. The van der Waals surface area contributed by atoms with Crippen LogP contribution in [-0.4, -0.2) is 17.2 Å². The van der Waals surface area contributed by atoms with E-state index in [-0.39, 0.29) is 0 Å². The van der Waals surface area contributed by atoms with E-state index in [0.29, 0.717) is 5.46 Å². The number of hydrogen-bond donors (Lipinski definition) is 2. The summed E-state index contributed by atoms with van der Waals surface area (Å²) in [6.45, 7) is 0. The quantitative estimate of drug-likeness (QED) is 0.399. The highest BCUT2D eigenvalue weighted by Gasteiger charge is 2.17. The molecular weight excluding hydrogens is 371 g/mol. The maximum absolute atomic E-state index is 9.76. The summed E-state index contributed by atoms with van der Waals surface area (Å²) in [5.74, 6) is 0. The summed E-state index contributed by atoms with van der Waals surface area (Å²) in [6, 6.07) is 30.3. The van der Waals surface area contributed by atoms with Crippen molar-refractivity contribution in [1.29, 1.82) is 0 Å². The minimum atomic E-state index is -1.50. The molecule has 0 fully saturated rings. The fraction of sp³-hybridized carbons (Fsp3) is 0. The highest BCUT2D eigenvalue weighted by atomic mass is 16.4. The SMILES string of the molecule is OB(O)c1ccc(-c2ccc3oc4ccc5ccccc5c4c3c2)c2ccccc12. The molecule has 30 heavy (non-hydrogen) atoms. The molecule has 3 nitrogen and oxygen atoms in total. The second-order valence-electron chi connectivity index (χ2n) is 7.59. The molecule has 0 radical (unpaired) electrons. The molecule has 0 amide bonds. The van der Waals surface area contributed by atoms with E-state index in [1.165, 1.54) is 10.8 Å². The van der Waals surface area contributed by atoms with Crippen LogP contribution >= 0.6 is 0 Å². The molecule has 0 saturated carbocycles. The van der Waals surface area contributed by atoms with Gasteiger partial charge in [0.15, 0.2) is 0 Å². The van der Waals surface area contributed by atoms with Crippen LogP contribution in [0, 0.1) is 0 Å². The highest BCUT2D eigenvalue weighted by molar-refractivity contribution is 6.62. The van der Waals surface area contributed by atoms with E-state index in [4.69, 9.17) is 4.42 Å². The van der Waals surface area contributed by atoms with E-state index in [1.54, 1.807) is 6.07 Å². The van der Waals surface area contributed by atoms with Gasteiger partial charge < -0.3 is 14.5 Å². The lowest BCUT2D eigenvalue weighted by Crippen LogP contribution is -2.30. The van der Waals surface area contributed by atoms with E-state index in [1.807, 2.05) is 48.5 Å². The van der Waals surface area contributed by atoms with Crippen LogP contribution in [0.5, 0.6) is 0 Å². The van der Waals surface area contributed by atoms with Crippen LogP contribution in [0.1, 0.15) is 0 Å². The van der Waals surface area contributed by atoms with Crippen LogP contribution in [0.4, 0.5) is 0 Å². The fourth-order valence-corrected chi connectivity index (χ4v) is 4.51. The van der Waals surface area contributed by atoms with Crippen molar-refractivity contribution in [3.8, 4) is 11.1 Å². The monoisotopic (exact) mass is 388 g/mol. The van der Waals surface area contributed by atoms with Crippen LogP contribution < -0.4 is 5.46 Å². The zero-order valence-electron chi connectivity index (χ0n) is 16.0. The van der Waals surface area contributed by atoms with E-state index >= 15 is 0 Å². The summed E-state index contributed by atoms with van der Waals surface area (Å²) < 4.78 is 6.12. The minimum absolute atomic E-state index is 0.509. The Bertz CT molecular complexity index is 1580. The van der Waals surface area contributed by atoms with Crippen molar-refractivity contribution < 1.29 is 14.5 Å². The first-order valence-electron chi connectivity index (χ1n) is 9.93. The molecular formula is C26H17BO3. The van der Waals surface area contributed by atoms with Gasteiger partial charge in [0, 0.05) is 10.8 Å². The summed E-state index contributed by atoms with van der Waals surface area (Å²) in [4.78, 5) is 0. The van der Waals surface area contributed by atoms with Crippen LogP contribution in [0.2, 0.25) is 0 Å². The van der Waals surface area contributed by atoms with Crippen molar-refractivity contribution in [2.24, 2.45) is 0 Å². The zero-order valence-corrected chi connectivity index (χ0v) is 16.0. The summed E-state index contributed by atoms with van der Waals surface area (Å²) in [7, 11) is -1.50. The number of hydrogen-bond acceptors (Lipinski definition) is 3. The maximum atomic E-state index is 9.76. The van der Waals surface area contributed by atoms with Crippen LogP contribution in [0.3, 0.4) is 0 Å². The van der Waals surface area contributed by atoms with Crippen LogP contribution in [0.15, 0.2) is 95.4 Å². The average molecular weight is 388 g/mol. The van der Waals surface area contributed by atoms with Crippen molar-refractivity contribution in [3.63, 3.8) is 0 Å². The van der Waals surface area contributed by atoms with Gasteiger partial charge in [0.05, 0.1) is 0 Å². The molecule has 1 heterocycles. The molecule has 0 unspecified atom stereocenters. The largest absolute Gasteiger partial charge is 0.489 e. The standard InChI is InChI=1S/C26H17BO3/c28-27(29)23-12-11-18(20-7-3-4-8-21(20)23)17-10-13-24-22(15-17)26-19-6-2-1-5-16(19)9-14-25(26)30-24/h1-15,28-29H. The second kappa shape index (κ2) is 6.46. The number of fused-ring (bicyclic) bond motifs is 6. The third-order valence-electron chi connectivity index (χ3n) is 5.91. The lowest BCUT2D eigenvalue weighted by atomic mass is 9.76. The molecule has 4 heteroatoms. The topological polar surface area (TPSA) is 53.6 Å². The first-order valence-corrected chi connectivity index (χ1v) is 9.93. The Labute approximate surface area is 172 Å². The Morgan fingerprint density at radius 3 is 2.17 bits per heavy atom. The molecule has 2 N–H and O–H groups in total. The number of furan rings is 1. The molecule has 6 aromatic rings. The molecule has 0 spiro atoms. The molecule has 142 valence electrons. The van der Waals surface area contributed by atoms with Gasteiger partial charge in [0.25, 0.3) is 0 Å². The number of rotatable bonds is 2. The van der Waals surface area contributed by atoms with Crippen molar-refractivity contribution in [1.82, 2.24) is 0 Å². The van der Waals surface area contributed by atoms with Gasteiger partial charge in [0.1, 0.15) is 11.2 Å². The van der Waals surface area contributed by atoms with Gasteiger partial charge >= 0.3 is 7.12 Å². The van der Waals surface area contributed by atoms with Crippen LogP contribution in [-0.2, 0) is 0 Å². The normalized spacial score (nSPS) is 11.7. The van der Waals surface area contributed by atoms with Gasteiger partial charge in [0.2, 0.25) is 0 Å². The molecule has 0 bridgehead atoms. The zero-order chi connectivity index (χ0) is 20.2. The van der Waals surface area contributed by atoms with Gasteiger partial charge in [-0.2, -0.15) is 0 Å². The van der Waals surface area contributed by atoms with Gasteiger partial charge in [-0.3, -0.25) is 0 Å². The number of benzene rings is 5. The Morgan fingerprint density at radius 1 is 0.600 bits per heavy atom. The van der Waals surface area contributed by atoms with Crippen molar-refractivity contribution in [2.75, 3.05) is 0 Å². The minimum Gasteiger partial charge on any atom is -0.456 e.